The van der Waals surface area contributed by atoms with Crippen LogP contribution in [0.25, 0.3) is 11.6 Å². The Hall–Kier alpha value is -2.42. The molecule has 0 saturated carbocycles. The zero-order valence-electron chi connectivity index (χ0n) is 9.76. The zero-order chi connectivity index (χ0) is 12.5. The van der Waals surface area contributed by atoms with Gasteiger partial charge in [-0.1, -0.05) is 36.4 Å². The fourth-order valence-electron chi connectivity index (χ4n) is 2.24. The van der Waals surface area contributed by atoms with Crippen LogP contribution in [0.3, 0.4) is 0 Å². The van der Waals surface area contributed by atoms with Gasteiger partial charge >= 0.3 is 0 Å². The van der Waals surface area contributed by atoms with Crippen molar-refractivity contribution in [1.82, 2.24) is 0 Å². The lowest BCUT2D eigenvalue weighted by atomic mass is 9.89. The van der Waals surface area contributed by atoms with Crippen LogP contribution in [0.4, 0.5) is 0 Å². The van der Waals surface area contributed by atoms with Gasteiger partial charge in [-0.05, 0) is 17.2 Å². The van der Waals surface area contributed by atoms with E-state index < -0.39 is 0 Å². The molecule has 1 aromatic rings. The maximum Gasteiger partial charge on any atom is 0.245 e. The van der Waals surface area contributed by atoms with E-state index >= 15 is 0 Å². The first-order valence-corrected chi connectivity index (χ1v) is 5.79. The van der Waals surface area contributed by atoms with Crippen molar-refractivity contribution in [2.75, 3.05) is 0 Å². The van der Waals surface area contributed by atoms with Gasteiger partial charge in [0.25, 0.3) is 0 Å². The van der Waals surface area contributed by atoms with Crippen LogP contribution in [0.1, 0.15) is 17.5 Å². The highest BCUT2D eigenvalue weighted by atomic mass is 16.1. The first-order valence-electron chi connectivity index (χ1n) is 5.79. The van der Waals surface area contributed by atoms with Gasteiger partial charge < -0.3 is 5.73 Å². The van der Waals surface area contributed by atoms with Gasteiger partial charge in [0.1, 0.15) is 0 Å². The first kappa shape index (κ1) is 10.7. The SMILES string of the molecule is NC(=O)C1=CC=C2C(=NC=Cc3ccccc32)C1. The van der Waals surface area contributed by atoms with Crippen molar-refractivity contribution in [3.05, 3.63) is 59.3 Å². The summed E-state index contributed by atoms with van der Waals surface area (Å²) in [5.74, 6) is -0.380. The van der Waals surface area contributed by atoms with E-state index in [1.807, 2.05) is 24.3 Å². The molecule has 0 aromatic heterocycles. The van der Waals surface area contributed by atoms with Gasteiger partial charge in [-0.3, -0.25) is 9.79 Å². The molecule has 0 unspecified atom stereocenters. The number of hydrogen-bond donors (Lipinski definition) is 1. The molecule has 0 atom stereocenters. The van der Waals surface area contributed by atoms with E-state index in [0.717, 1.165) is 22.4 Å². The van der Waals surface area contributed by atoms with E-state index in [0.29, 0.717) is 12.0 Å². The number of rotatable bonds is 1. The van der Waals surface area contributed by atoms with Gasteiger partial charge in [0.2, 0.25) is 5.91 Å². The quantitative estimate of drug-likeness (QED) is 0.799. The number of carbonyl (C=O) groups is 1. The molecule has 0 fully saturated rings. The maximum atomic E-state index is 11.2. The predicted octanol–water partition coefficient (Wildman–Crippen LogP) is 2.31. The summed E-state index contributed by atoms with van der Waals surface area (Å²) in [6.45, 7) is 0. The molecule has 18 heavy (non-hydrogen) atoms. The molecule has 2 aliphatic rings. The molecule has 3 nitrogen and oxygen atoms in total. The lowest BCUT2D eigenvalue weighted by molar-refractivity contribution is -0.114. The Morgan fingerprint density at radius 3 is 2.89 bits per heavy atom. The average molecular weight is 236 g/mol. The van der Waals surface area contributed by atoms with Gasteiger partial charge in [0.15, 0.2) is 0 Å². The topological polar surface area (TPSA) is 55.5 Å². The number of fused-ring (bicyclic) bond motifs is 3. The van der Waals surface area contributed by atoms with Gasteiger partial charge in [-0.2, -0.15) is 0 Å². The lowest BCUT2D eigenvalue weighted by Crippen LogP contribution is -2.19. The molecule has 88 valence electrons. The molecule has 0 spiro atoms. The molecule has 2 N–H and O–H groups in total. The summed E-state index contributed by atoms with van der Waals surface area (Å²) in [6.07, 6.45) is 7.97. The standard InChI is InChI=1S/C15H12N2O/c16-15(18)11-5-6-13-12-4-2-1-3-10(12)7-8-17-14(13)9-11/h1-8H,9H2,(H2,16,18). The number of aliphatic imine (C=N–C) groups is 1. The Labute approximate surface area is 105 Å². The number of allylic oxidation sites excluding steroid dienone is 3. The second-order valence-electron chi connectivity index (χ2n) is 4.29. The summed E-state index contributed by atoms with van der Waals surface area (Å²) in [5.41, 5.74) is 10.2. The van der Waals surface area contributed by atoms with Crippen LogP contribution in [0, 0.1) is 0 Å². The van der Waals surface area contributed by atoms with Crippen LogP contribution in [0.5, 0.6) is 0 Å². The highest BCUT2D eigenvalue weighted by Gasteiger charge is 2.20. The largest absolute Gasteiger partial charge is 0.366 e. The fourth-order valence-corrected chi connectivity index (χ4v) is 2.24. The van der Waals surface area contributed by atoms with E-state index in [-0.39, 0.29) is 5.91 Å². The summed E-state index contributed by atoms with van der Waals surface area (Å²) in [5, 5.41) is 0. The summed E-state index contributed by atoms with van der Waals surface area (Å²) in [6, 6.07) is 8.12. The molecule has 1 aliphatic carbocycles. The summed E-state index contributed by atoms with van der Waals surface area (Å²) >= 11 is 0. The Bertz CT molecular complexity index is 648. The van der Waals surface area contributed by atoms with Crippen LogP contribution >= 0.6 is 0 Å². The van der Waals surface area contributed by atoms with Crippen molar-refractivity contribution in [1.29, 1.82) is 0 Å². The van der Waals surface area contributed by atoms with Crippen LogP contribution in [-0.2, 0) is 4.79 Å². The molecular formula is C15H12N2O. The van der Waals surface area contributed by atoms with E-state index in [9.17, 15) is 4.79 Å². The highest BCUT2D eigenvalue weighted by molar-refractivity contribution is 6.28. The van der Waals surface area contributed by atoms with E-state index in [2.05, 4.69) is 17.1 Å². The molecule has 1 aromatic carbocycles. The Morgan fingerprint density at radius 1 is 1.22 bits per heavy atom. The van der Waals surface area contributed by atoms with E-state index in [4.69, 9.17) is 5.73 Å². The van der Waals surface area contributed by atoms with Crippen LogP contribution in [0.2, 0.25) is 0 Å². The zero-order valence-corrected chi connectivity index (χ0v) is 9.76. The third-order valence-corrected chi connectivity index (χ3v) is 3.17. The number of nitrogens with zero attached hydrogens (tertiary/aromatic N) is 1. The Morgan fingerprint density at radius 2 is 2.06 bits per heavy atom. The third kappa shape index (κ3) is 1.70. The molecule has 0 saturated heterocycles. The van der Waals surface area contributed by atoms with Crippen molar-refractivity contribution < 1.29 is 4.79 Å². The average Bonchev–Trinajstić information content (AvgIpc) is 2.57. The minimum Gasteiger partial charge on any atom is -0.366 e. The molecule has 1 heterocycles. The summed E-state index contributed by atoms with van der Waals surface area (Å²) < 4.78 is 0. The number of hydrogen-bond acceptors (Lipinski definition) is 2. The molecule has 3 rings (SSSR count). The first-order chi connectivity index (χ1) is 8.75. The van der Waals surface area contributed by atoms with Crippen molar-refractivity contribution in [2.24, 2.45) is 10.7 Å². The number of benzene rings is 1. The molecule has 0 radical (unpaired) electrons. The molecule has 3 heteroatoms. The molecule has 1 aliphatic heterocycles. The minimum atomic E-state index is -0.380. The van der Waals surface area contributed by atoms with Crippen molar-refractivity contribution in [3.63, 3.8) is 0 Å². The van der Waals surface area contributed by atoms with Crippen LogP contribution < -0.4 is 5.73 Å². The summed E-state index contributed by atoms with van der Waals surface area (Å²) in [7, 11) is 0. The van der Waals surface area contributed by atoms with Crippen LogP contribution in [-0.4, -0.2) is 11.6 Å². The number of carbonyl (C=O) groups excluding carboxylic acids is 1. The Kier molecular flexibility index (Phi) is 2.45. The third-order valence-electron chi connectivity index (χ3n) is 3.17. The lowest BCUT2D eigenvalue weighted by Gasteiger charge is -2.15. The smallest absolute Gasteiger partial charge is 0.245 e. The Balaban J connectivity index is 2.16. The number of amides is 1. The van der Waals surface area contributed by atoms with Crippen molar-refractivity contribution >= 4 is 23.3 Å². The normalized spacial score (nSPS) is 16.8. The number of primary amides is 1. The second kappa shape index (κ2) is 4.11. The van der Waals surface area contributed by atoms with Gasteiger partial charge in [0.05, 0.1) is 5.71 Å². The van der Waals surface area contributed by atoms with E-state index in [1.165, 1.54) is 0 Å². The van der Waals surface area contributed by atoms with Crippen molar-refractivity contribution in [3.8, 4) is 0 Å². The number of nitrogens with two attached hydrogens (primary N) is 1. The maximum absolute atomic E-state index is 11.2. The monoisotopic (exact) mass is 236 g/mol. The predicted molar refractivity (Wildman–Crippen MR) is 72.8 cm³/mol. The fraction of sp³-hybridized carbons (Fsp3) is 0.0667. The van der Waals surface area contributed by atoms with Crippen molar-refractivity contribution in [2.45, 2.75) is 6.42 Å². The van der Waals surface area contributed by atoms with Gasteiger partial charge in [-0.25, -0.2) is 0 Å². The van der Waals surface area contributed by atoms with Gasteiger partial charge in [-0.15, -0.1) is 0 Å². The van der Waals surface area contributed by atoms with Crippen LogP contribution in [0.15, 0.2) is 53.2 Å². The summed E-state index contributed by atoms with van der Waals surface area (Å²) in [4.78, 5) is 15.6. The van der Waals surface area contributed by atoms with Gasteiger partial charge in [0, 0.05) is 23.8 Å². The second-order valence-corrected chi connectivity index (χ2v) is 4.29. The molecular weight excluding hydrogens is 224 g/mol. The van der Waals surface area contributed by atoms with E-state index in [1.54, 1.807) is 12.3 Å². The minimum absolute atomic E-state index is 0.380. The molecule has 0 bridgehead atoms. The highest BCUT2D eigenvalue weighted by Crippen LogP contribution is 2.30. The molecule has 1 amide bonds.